The van der Waals surface area contributed by atoms with Crippen molar-refractivity contribution in [1.29, 1.82) is 0 Å². The Kier molecular flexibility index (Phi) is 20.8. The number of rotatable bonds is 12. The molecule has 0 aromatic heterocycles. The minimum Gasteiger partial charge on any atom is -0.497 e. The van der Waals surface area contributed by atoms with E-state index in [1.54, 1.807) is 26.0 Å². The summed E-state index contributed by atoms with van der Waals surface area (Å²) in [7, 11) is 3.24. The van der Waals surface area contributed by atoms with Gasteiger partial charge in [0.15, 0.2) is 11.5 Å². The first-order valence-corrected chi connectivity index (χ1v) is 16.2. The Balaban J connectivity index is 0.00000339. The number of carbonyl (C=O) groups is 1. The van der Waals surface area contributed by atoms with E-state index in [1.165, 1.54) is 16.7 Å². The van der Waals surface area contributed by atoms with Crippen LogP contribution in [0.1, 0.15) is 49.9 Å². The van der Waals surface area contributed by atoms with Gasteiger partial charge in [0, 0.05) is 16.9 Å². The van der Waals surface area contributed by atoms with Crippen molar-refractivity contribution < 1.29 is 39.4 Å². The van der Waals surface area contributed by atoms with Crippen LogP contribution in [0.2, 0.25) is 0 Å². The monoisotopic (exact) mass is 668 g/mol. The van der Waals surface area contributed by atoms with Crippen molar-refractivity contribution in [3.8, 4) is 34.1 Å². The maximum atomic E-state index is 12.7. The van der Waals surface area contributed by atoms with Gasteiger partial charge in [-0.25, -0.2) is 4.79 Å². The SMILES string of the molecule is CC.CC.COCCOCC(=O)Oc1cc(-c2cc(C)c(C)c(C)c2)cc(C)c1Oc1ccc(Sc2ccc(OC)cc2)cc1.O.O. The summed E-state index contributed by atoms with van der Waals surface area (Å²) >= 11 is 1.65. The van der Waals surface area contributed by atoms with Gasteiger partial charge in [0.1, 0.15) is 18.1 Å². The Hall–Kier alpha value is -3.86. The Morgan fingerprint density at radius 2 is 1.15 bits per heavy atom. The zero-order valence-electron chi connectivity index (χ0n) is 29.4. The van der Waals surface area contributed by atoms with Crippen LogP contribution in [-0.2, 0) is 14.3 Å². The molecule has 0 unspecified atom stereocenters. The van der Waals surface area contributed by atoms with Crippen molar-refractivity contribution in [2.24, 2.45) is 0 Å². The molecule has 4 rings (SSSR count). The first kappa shape index (κ1) is 43.1. The highest BCUT2D eigenvalue weighted by Crippen LogP contribution is 2.40. The first-order chi connectivity index (χ1) is 21.8. The molecular formula is C38H52O8S. The summed E-state index contributed by atoms with van der Waals surface area (Å²) in [5.74, 6) is 1.77. The van der Waals surface area contributed by atoms with Crippen LogP contribution in [0, 0.1) is 27.7 Å². The van der Waals surface area contributed by atoms with Gasteiger partial charge in [0.05, 0.1) is 20.3 Å². The molecular weight excluding hydrogens is 616 g/mol. The molecule has 0 aliphatic rings. The molecule has 0 bridgehead atoms. The van der Waals surface area contributed by atoms with Gasteiger partial charge < -0.3 is 34.6 Å². The molecule has 0 heterocycles. The Labute approximate surface area is 285 Å². The summed E-state index contributed by atoms with van der Waals surface area (Å²) in [6.07, 6.45) is 0. The molecule has 0 fully saturated rings. The highest BCUT2D eigenvalue weighted by atomic mass is 32.2. The van der Waals surface area contributed by atoms with Gasteiger partial charge in [-0.15, -0.1) is 0 Å². The van der Waals surface area contributed by atoms with Crippen molar-refractivity contribution in [1.82, 2.24) is 0 Å². The van der Waals surface area contributed by atoms with Gasteiger partial charge in [0.25, 0.3) is 0 Å². The molecule has 9 heteroatoms. The van der Waals surface area contributed by atoms with Gasteiger partial charge in [-0.3, -0.25) is 0 Å². The van der Waals surface area contributed by atoms with E-state index in [1.807, 2.05) is 89.2 Å². The smallest absolute Gasteiger partial charge is 0.337 e. The fraction of sp³-hybridized carbons (Fsp3) is 0.342. The fourth-order valence-electron chi connectivity index (χ4n) is 4.24. The van der Waals surface area contributed by atoms with Gasteiger partial charge >= 0.3 is 5.97 Å². The number of carbonyl (C=O) groups excluding carboxylic acids is 1. The van der Waals surface area contributed by atoms with Crippen molar-refractivity contribution >= 4 is 17.7 Å². The summed E-state index contributed by atoms with van der Waals surface area (Å²) in [5, 5.41) is 0. The second-order valence-electron chi connectivity index (χ2n) is 9.73. The molecule has 0 spiro atoms. The fourth-order valence-corrected chi connectivity index (χ4v) is 5.06. The second-order valence-corrected chi connectivity index (χ2v) is 10.9. The molecule has 4 aromatic carbocycles. The van der Waals surface area contributed by atoms with Crippen molar-refractivity contribution in [3.05, 3.63) is 95.1 Å². The minimum absolute atomic E-state index is 0. The lowest BCUT2D eigenvalue weighted by Crippen LogP contribution is -2.17. The van der Waals surface area contributed by atoms with Crippen molar-refractivity contribution in [2.75, 3.05) is 34.0 Å². The van der Waals surface area contributed by atoms with E-state index in [0.29, 0.717) is 30.5 Å². The molecule has 0 saturated heterocycles. The van der Waals surface area contributed by atoms with Crippen LogP contribution in [0.4, 0.5) is 0 Å². The van der Waals surface area contributed by atoms with Crippen LogP contribution in [0.5, 0.6) is 23.0 Å². The molecule has 47 heavy (non-hydrogen) atoms. The number of esters is 1. The third-order valence-electron chi connectivity index (χ3n) is 6.72. The van der Waals surface area contributed by atoms with E-state index in [0.717, 1.165) is 32.2 Å². The van der Waals surface area contributed by atoms with Crippen LogP contribution in [-0.4, -0.2) is 51.0 Å². The quantitative estimate of drug-likeness (QED) is 0.0841. The van der Waals surface area contributed by atoms with Crippen LogP contribution < -0.4 is 14.2 Å². The van der Waals surface area contributed by atoms with E-state index >= 15 is 0 Å². The van der Waals surface area contributed by atoms with Gasteiger partial charge in [-0.1, -0.05) is 51.6 Å². The molecule has 0 saturated carbocycles. The minimum atomic E-state index is -0.509. The number of aryl methyl sites for hydroxylation is 3. The van der Waals surface area contributed by atoms with Crippen molar-refractivity contribution in [3.63, 3.8) is 0 Å². The number of benzene rings is 4. The lowest BCUT2D eigenvalue weighted by molar-refractivity contribution is -0.140. The molecule has 0 amide bonds. The Morgan fingerprint density at radius 1 is 0.660 bits per heavy atom. The number of ether oxygens (including phenoxy) is 5. The van der Waals surface area contributed by atoms with Crippen molar-refractivity contribution in [2.45, 2.75) is 65.2 Å². The van der Waals surface area contributed by atoms with E-state index in [-0.39, 0.29) is 17.6 Å². The molecule has 0 aliphatic carbocycles. The summed E-state index contributed by atoms with van der Waals surface area (Å²) in [6, 6.07) is 24.0. The topological polar surface area (TPSA) is 126 Å². The summed E-state index contributed by atoms with van der Waals surface area (Å²) in [6.45, 7) is 16.8. The number of methoxy groups -OCH3 is 2. The standard InChI is InChI=1S/C34H36O6S.2C2H6.2H2O/c1-22-17-26(18-23(2)25(22)4)27-19-24(3)34(32(20-27)40-33(35)21-38-16-15-36-5)39-29-9-13-31(14-10-29)41-30-11-7-28(37-6)8-12-30;2*1-2;;/h7-14,17-20H,15-16,21H2,1-6H3;2*1-2H3;2*1H2. The molecule has 0 aliphatic heterocycles. The van der Waals surface area contributed by atoms with E-state index < -0.39 is 5.97 Å². The number of hydrogen-bond acceptors (Lipinski definition) is 7. The van der Waals surface area contributed by atoms with Crippen LogP contribution in [0.25, 0.3) is 11.1 Å². The van der Waals surface area contributed by atoms with Gasteiger partial charge in [-0.05, 0) is 122 Å². The third kappa shape index (κ3) is 13.0. The number of hydrogen-bond donors (Lipinski definition) is 0. The third-order valence-corrected chi connectivity index (χ3v) is 7.73. The largest absolute Gasteiger partial charge is 0.497 e. The second kappa shape index (κ2) is 22.6. The Bertz CT molecular complexity index is 1460. The maximum Gasteiger partial charge on any atom is 0.337 e. The van der Waals surface area contributed by atoms with Crippen LogP contribution in [0.15, 0.2) is 82.6 Å². The maximum absolute atomic E-state index is 12.7. The molecule has 258 valence electrons. The van der Waals surface area contributed by atoms with Crippen LogP contribution in [0.3, 0.4) is 0 Å². The first-order valence-electron chi connectivity index (χ1n) is 15.4. The zero-order chi connectivity index (χ0) is 33.4. The Morgan fingerprint density at radius 3 is 1.66 bits per heavy atom. The average molecular weight is 669 g/mol. The molecule has 4 N–H and O–H groups in total. The molecule has 0 radical (unpaired) electrons. The molecule has 0 atom stereocenters. The average Bonchev–Trinajstić information content (AvgIpc) is 3.06. The van der Waals surface area contributed by atoms with Crippen LogP contribution >= 0.6 is 11.8 Å². The van der Waals surface area contributed by atoms with E-state index in [2.05, 4.69) is 39.0 Å². The summed E-state index contributed by atoms with van der Waals surface area (Å²) in [4.78, 5) is 14.9. The van der Waals surface area contributed by atoms with Gasteiger partial charge in [-0.2, -0.15) is 0 Å². The lowest BCUT2D eigenvalue weighted by atomic mass is 9.95. The van der Waals surface area contributed by atoms with E-state index in [4.69, 9.17) is 23.7 Å². The predicted molar refractivity (Wildman–Crippen MR) is 193 cm³/mol. The molecule has 4 aromatic rings. The normalized spacial score (nSPS) is 9.74. The highest BCUT2D eigenvalue weighted by molar-refractivity contribution is 7.99. The molecule has 8 nitrogen and oxygen atoms in total. The lowest BCUT2D eigenvalue weighted by Gasteiger charge is -2.17. The summed E-state index contributed by atoms with van der Waals surface area (Å²) in [5.41, 5.74) is 6.51. The predicted octanol–water partition coefficient (Wildman–Crippen LogP) is 8.51. The summed E-state index contributed by atoms with van der Waals surface area (Å²) < 4.78 is 27.7. The van der Waals surface area contributed by atoms with E-state index in [9.17, 15) is 4.79 Å². The van der Waals surface area contributed by atoms with Gasteiger partial charge in [0.2, 0.25) is 0 Å². The zero-order valence-corrected chi connectivity index (χ0v) is 30.2. The highest BCUT2D eigenvalue weighted by Gasteiger charge is 2.18.